The van der Waals surface area contributed by atoms with E-state index in [4.69, 9.17) is 0 Å². The fourth-order valence-electron chi connectivity index (χ4n) is 10.4. The van der Waals surface area contributed by atoms with Gasteiger partial charge in [0.1, 0.15) is 14.1 Å². The highest BCUT2D eigenvalue weighted by atomic mass is 15.2. The molecular weight excluding hydrogens is 705 g/mol. The fourth-order valence-corrected chi connectivity index (χ4v) is 10.4. The van der Waals surface area contributed by atoms with Crippen molar-refractivity contribution < 1.29 is 9.15 Å². The highest BCUT2D eigenvalue weighted by molar-refractivity contribution is 6.04. The summed E-state index contributed by atoms with van der Waals surface area (Å²) >= 11 is 0. The van der Waals surface area contributed by atoms with Gasteiger partial charge < -0.3 is 9.80 Å². The Morgan fingerprint density at radius 2 is 0.776 bits per heavy atom. The molecule has 8 rings (SSSR count). The molecule has 4 aliphatic rings. The van der Waals surface area contributed by atoms with Gasteiger partial charge in [-0.05, 0) is 86.4 Å². The average Bonchev–Trinajstić information content (AvgIpc) is 3.70. The molecule has 0 saturated heterocycles. The van der Waals surface area contributed by atoms with Gasteiger partial charge in [0.05, 0.1) is 10.8 Å². The zero-order chi connectivity index (χ0) is 41.4. The van der Waals surface area contributed by atoms with Gasteiger partial charge in [-0.3, -0.25) is 0 Å². The van der Waals surface area contributed by atoms with Crippen molar-refractivity contribution in [3.05, 3.63) is 190 Å². The van der Waals surface area contributed by atoms with E-state index in [1.165, 1.54) is 67.8 Å². The summed E-state index contributed by atoms with van der Waals surface area (Å²) in [6.45, 7) is 18.8. The number of allylic oxidation sites excluding steroid dienone is 12. The van der Waals surface area contributed by atoms with E-state index in [1.54, 1.807) is 0 Å². The Hall–Kier alpha value is -5.74. The molecule has 0 bridgehead atoms. The lowest BCUT2D eigenvalue weighted by Crippen LogP contribution is -2.26. The van der Waals surface area contributed by atoms with E-state index in [0.29, 0.717) is 0 Å². The number of nitrogens with zero attached hydrogens (tertiary/aromatic N) is 4. The van der Waals surface area contributed by atoms with Gasteiger partial charge in [0.25, 0.3) is 0 Å². The van der Waals surface area contributed by atoms with E-state index in [2.05, 4.69) is 248 Å². The summed E-state index contributed by atoms with van der Waals surface area (Å²) in [7, 11) is 8.81. The molecule has 0 atom stereocenters. The standard InChI is InChI=1S/C54H60N4/c1-51(2)39-21-13-17-25-43(39)55(9)47(51)33-29-37(30-34-48-52(3,4)40-22-14-18-26-44(40)56(48)10)38(31-35-49-53(5,6)41-23-15-19-27-45(41)57(49)11)32-36-50-54(7,8)42-24-16-20-28-46(42)58(50)12/h13-36H,1-12H3/q+2. The van der Waals surface area contributed by atoms with Crippen LogP contribution in [0.3, 0.4) is 0 Å². The number of hydrogen-bond acceptors (Lipinski definition) is 2. The maximum absolute atomic E-state index is 2.37. The molecule has 0 spiro atoms. The largest absolute Gasteiger partial charge is 0.347 e. The van der Waals surface area contributed by atoms with Crippen molar-refractivity contribution in [2.75, 3.05) is 38.0 Å². The Balaban J connectivity index is 1.33. The minimum Gasteiger partial charge on any atom is -0.347 e. The first-order valence-electron chi connectivity index (χ1n) is 20.8. The summed E-state index contributed by atoms with van der Waals surface area (Å²) in [5.74, 6) is 0. The maximum Gasteiger partial charge on any atom is 0.209 e. The summed E-state index contributed by atoms with van der Waals surface area (Å²) in [6.07, 6.45) is 18.8. The number of hydrogen-bond donors (Lipinski definition) is 0. The smallest absolute Gasteiger partial charge is 0.209 e. The average molecular weight is 765 g/mol. The highest BCUT2D eigenvalue weighted by Crippen LogP contribution is 2.48. The second kappa shape index (κ2) is 14.0. The number of likely N-dealkylation sites (N-methyl/N-ethyl adjacent to an activating group) is 2. The molecule has 0 aromatic heterocycles. The molecule has 4 aromatic carbocycles. The lowest BCUT2D eigenvalue weighted by Gasteiger charge is -2.24. The van der Waals surface area contributed by atoms with Crippen LogP contribution in [0.2, 0.25) is 0 Å². The lowest BCUT2D eigenvalue weighted by molar-refractivity contribution is -0.401. The molecule has 4 heterocycles. The molecule has 4 heteroatoms. The fraction of sp³-hybridized carbons (Fsp3) is 0.296. The van der Waals surface area contributed by atoms with Crippen LogP contribution < -0.4 is 9.80 Å². The van der Waals surface area contributed by atoms with E-state index < -0.39 is 0 Å². The molecule has 0 saturated carbocycles. The molecule has 4 aliphatic heterocycles. The Bertz CT molecular complexity index is 2430. The van der Waals surface area contributed by atoms with Gasteiger partial charge in [0, 0.05) is 83.1 Å². The summed E-state index contributed by atoms with van der Waals surface area (Å²) < 4.78 is 4.73. The zero-order valence-electron chi connectivity index (χ0n) is 36.6. The van der Waals surface area contributed by atoms with Crippen molar-refractivity contribution in [3.63, 3.8) is 0 Å². The topological polar surface area (TPSA) is 12.5 Å². The Morgan fingerprint density at radius 3 is 1.12 bits per heavy atom. The third-order valence-electron chi connectivity index (χ3n) is 13.8. The Labute approximate surface area is 347 Å². The van der Waals surface area contributed by atoms with Gasteiger partial charge in [-0.25, -0.2) is 0 Å². The van der Waals surface area contributed by atoms with Crippen molar-refractivity contribution in [1.82, 2.24) is 0 Å². The summed E-state index contributed by atoms with van der Waals surface area (Å²) in [5, 5.41) is 0. The van der Waals surface area contributed by atoms with E-state index >= 15 is 0 Å². The van der Waals surface area contributed by atoms with Crippen LogP contribution in [0.15, 0.2) is 168 Å². The number of anilines is 2. The quantitative estimate of drug-likeness (QED) is 0.137. The zero-order valence-corrected chi connectivity index (χ0v) is 36.6. The first-order valence-corrected chi connectivity index (χ1v) is 20.8. The second-order valence-electron chi connectivity index (χ2n) is 18.6. The van der Waals surface area contributed by atoms with Crippen molar-refractivity contribution in [1.29, 1.82) is 0 Å². The van der Waals surface area contributed by atoms with Crippen LogP contribution in [0.4, 0.5) is 22.7 Å². The number of benzene rings is 4. The van der Waals surface area contributed by atoms with Crippen LogP contribution in [0.5, 0.6) is 0 Å². The molecule has 0 radical (unpaired) electrons. The van der Waals surface area contributed by atoms with Crippen molar-refractivity contribution in [2.45, 2.75) is 77.0 Å². The summed E-state index contributed by atoms with van der Waals surface area (Å²) in [4.78, 5) is 4.73. The van der Waals surface area contributed by atoms with Crippen LogP contribution in [-0.4, -0.2) is 48.8 Å². The number of rotatable bonds is 7. The number of para-hydroxylation sites is 4. The van der Waals surface area contributed by atoms with E-state index in [0.717, 1.165) is 11.1 Å². The SMILES string of the molecule is CN1C(=C\C=C(\C=C\C2=[N+](C)c3ccccc3C2(C)C)C(=C\C=C2\N(C)c3ccccc3C2(C)C)/C=C/C2=[N+](C)c3ccccc3C2(C)C)C(C)(C)c2ccccc21. The molecule has 0 aliphatic carbocycles. The van der Waals surface area contributed by atoms with Crippen LogP contribution in [0.25, 0.3) is 0 Å². The second-order valence-corrected chi connectivity index (χ2v) is 18.6. The highest BCUT2D eigenvalue weighted by Gasteiger charge is 2.44. The Morgan fingerprint density at radius 1 is 0.448 bits per heavy atom. The predicted molar refractivity (Wildman–Crippen MR) is 247 cm³/mol. The molecule has 0 N–H and O–H groups in total. The molecule has 4 nitrogen and oxygen atoms in total. The number of fused-ring (bicyclic) bond motifs is 4. The summed E-state index contributed by atoms with van der Waals surface area (Å²) in [5.41, 5.74) is 17.2. The summed E-state index contributed by atoms with van der Waals surface area (Å²) in [6, 6.07) is 35.3. The molecule has 58 heavy (non-hydrogen) atoms. The van der Waals surface area contributed by atoms with Gasteiger partial charge in [0.15, 0.2) is 11.4 Å². The van der Waals surface area contributed by atoms with Gasteiger partial charge in [-0.2, -0.15) is 9.15 Å². The van der Waals surface area contributed by atoms with Crippen LogP contribution in [-0.2, 0) is 21.7 Å². The first-order chi connectivity index (χ1) is 27.5. The van der Waals surface area contributed by atoms with E-state index in [-0.39, 0.29) is 21.7 Å². The minimum absolute atomic E-state index is 0.150. The molecule has 4 aromatic rings. The van der Waals surface area contributed by atoms with E-state index in [1.807, 2.05) is 0 Å². The molecule has 0 amide bonds. The maximum atomic E-state index is 2.37. The Kier molecular flexibility index (Phi) is 9.42. The van der Waals surface area contributed by atoms with Gasteiger partial charge in [-0.15, -0.1) is 0 Å². The monoisotopic (exact) mass is 764 g/mol. The minimum atomic E-state index is -0.150. The third kappa shape index (κ3) is 6.03. The van der Waals surface area contributed by atoms with Crippen LogP contribution >= 0.6 is 0 Å². The van der Waals surface area contributed by atoms with E-state index in [9.17, 15) is 0 Å². The molecular formula is C54H60N4+2. The van der Waals surface area contributed by atoms with Gasteiger partial charge in [-0.1, -0.05) is 113 Å². The first kappa shape index (κ1) is 39.1. The normalized spacial score (nSPS) is 21.6. The molecule has 0 unspecified atom stereocenters. The van der Waals surface area contributed by atoms with Crippen molar-refractivity contribution in [2.24, 2.45) is 0 Å². The molecule has 294 valence electrons. The lowest BCUT2D eigenvalue weighted by atomic mass is 9.80. The third-order valence-corrected chi connectivity index (χ3v) is 13.8. The van der Waals surface area contributed by atoms with Crippen LogP contribution in [0, 0.1) is 0 Å². The van der Waals surface area contributed by atoms with Gasteiger partial charge in [0.2, 0.25) is 11.4 Å². The predicted octanol–water partition coefficient (Wildman–Crippen LogP) is 12.0. The van der Waals surface area contributed by atoms with Gasteiger partial charge >= 0.3 is 0 Å². The van der Waals surface area contributed by atoms with Crippen LogP contribution in [0.1, 0.15) is 77.6 Å². The van der Waals surface area contributed by atoms with Crippen molar-refractivity contribution >= 4 is 34.2 Å². The molecule has 0 fully saturated rings. The van der Waals surface area contributed by atoms with Crippen molar-refractivity contribution in [3.8, 4) is 0 Å².